The Balaban J connectivity index is 0.00000128. The van der Waals surface area contributed by atoms with E-state index in [-0.39, 0.29) is 12.4 Å². The van der Waals surface area contributed by atoms with Crippen LogP contribution < -0.4 is 10.2 Å². The van der Waals surface area contributed by atoms with Crippen molar-refractivity contribution in [2.75, 3.05) is 25.0 Å². The van der Waals surface area contributed by atoms with Crippen LogP contribution in [0.5, 0.6) is 0 Å². The van der Waals surface area contributed by atoms with Crippen molar-refractivity contribution in [3.8, 4) is 0 Å². The van der Waals surface area contributed by atoms with E-state index >= 15 is 0 Å². The number of halogens is 1. The fourth-order valence-corrected chi connectivity index (χ4v) is 2.04. The Hall–Kier alpha value is -0.800. The SMILES string of the molecule is CNC1CCN(c2ccc(C)cn2)CC1.Cl. The highest BCUT2D eigenvalue weighted by molar-refractivity contribution is 5.85. The molecule has 0 amide bonds. The molecule has 0 aliphatic carbocycles. The van der Waals surface area contributed by atoms with Crippen molar-refractivity contribution in [3.63, 3.8) is 0 Å². The minimum atomic E-state index is 0. The van der Waals surface area contributed by atoms with Gasteiger partial charge in [-0.05, 0) is 38.4 Å². The van der Waals surface area contributed by atoms with Gasteiger partial charge >= 0.3 is 0 Å². The van der Waals surface area contributed by atoms with Crippen LogP contribution in [0, 0.1) is 6.92 Å². The summed E-state index contributed by atoms with van der Waals surface area (Å²) in [6.07, 6.45) is 4.37. The Bertz CT molecular complexity index is 305. The normalized spacial score (nSPS) is 17.0. The lowest BCUT2D eigenvalue weighted by Gasteiger charge is -2.32. The number of piperidine rings is 1. The van der Waals surface area contributed by atoms with Crippen LogP contribution in [0.1, 0.15) is 18.4 Å². The fourth-order valence-electron chi connectivity index (χ4n) is 2.04. The van der Waals surface area contributed by atoms with Crippen LogP contribution in [-0.2, 0) is 0 Å². The molecular formula is C12H20ClN3. The first-order chi connectivity index (χ1) is 7.29. The number of anilines is 1. The standard InChI is InChI=1S/C12H19N3.ClH/c1-10-3-4-12(14-9-10)15-7-5-11(13-2)6-8-15;/h3-4,9,11,13H,5-8H2,1-2H3;1H. The van der Waals surface area contributed by atoms with E-state index in [2.05, 4.69) is 34.3 Å². The van der Waals surface area contributed by atoms with Gasteiger partial charge < -0.3 is 10.2 Å². The summed E-state index contributed by atoms with van der Waals surface area (Å²) in [6.45, 7) is 4.30. The predicted octanol–water partition coefficient (Wildman–Crippen LogP) is 2.00. The molecular weight excluding hydrogens is 222 g/mol. The second-order valence-corrected chi connectivity index (χ2v) is 4.24. The third-order valence-corrected chi connectivity index (χ3v) is 3.12. The lowest BCUT2D eigenvalue weighted by molar-refractivity contribution is 0.441. The Morgan fingerprint density at radius 2 is 2.00 bits per heavy atom. The van der Waals surface area contributed by atoms with E-state index in [4.69, 9.17) is 0 Å². The summed E-state index contributed by atoms with van der Waals surface area (Å²) in [6, 6.07) is 4.94. The highest BCUT2D eigenvalue weighted by atomic mass is 35.5. The van der Waals surface area contributed by atoms with E-state index in [9.17, 15) is 0 Å². The maximum absolute atomic E-state index is 4.46. The van der Waals surface area contributed by atoms with Gasteiger partial charge in [-0.1, -0.05) is 6.07 Å². The molecule has 90 valence electrons. The summed E-state index contributed by atoms with van der Waals surface area (Å²) in [7, 11) is 2.05. The summed E-state index contributed by atoms with van der Waals surface area (Å²) in [5.41, 5.74) is 1.23. The van der Waals surface area contributed by atoms with Crippen LogP contribution in [-0.4, -0.2) is 31.2 Å². The van der Waals surface area contributed by atoms with Crippen molar-refractivity contribution in [1.29, 1.82) is 0 Å². The fraction of sp³-hybridized carbons (Fsp3) is 0.583. The Morgan fingerprint density at radius 1 is 1.31 bits per heavy atom. The van der Waals surface area contributed by atoms with Gasteiger partial charge in [-0.2, -0.15) is 0 Å². The van der Waals surface area contributed by atoms with Crippen molar-refractivity contribution >= 4 is 18.2 Å². The van der Waals surface area contributed by atoms with Gasteiger partial charge in [-0.15, -0.1) is 12.4 Å². The predicted molar refractivity (Wildman–Crippen MR) is 70.5 cm³/mol. The monoisotopic (exact) mass is 241 g/mol. The molecule has 0 spiro atoms. The number of pyridine rings is 1. The molecule has 4 heteroatoms. The number of nitrogens with one attached hydrogen (secondary N) is 1. The number of aryl methyl sites for hydroxylation is 1. The minimum Gasteiger partial charge on any atom is -0.357 e. The van der Waals surface area contributed by atoms with E-state index in [0.717, 1.165) is 18.9 Å². The second-order valence-electron chi connectivity index (χ2n) is 4.24. The van der Waals surface area contributed by atoms with E-state index < -0.39 is 0 Å². The molecule has 0 unspecified atom stereocenters. The number of hydrogen-bond acceptors (Lipinski definition) is 3. The van der Waals surface area contributed by atoms with E-state index in [1.54, 1.807) is 0 Å². The zero-order valence-corrected chi connectivity index (χ0v) is 10.8. The highest BCUT2D eigenvalue weighted by Crippen LogP contribution is 2.17. The van der Waals surface area contributed by atoms with Gasteiger partial charge in [0.15, 0.2) is 0 Å². The third-order valence-electron chi connectivity index (χ3n) is 3.12. The van der Waals surface area contributed by atoms with Crippen molar-refractivity contribution in [2.45, 2.75) is 25.8 Å². The smallest absolute Gasteiger partial charge is 0.128 e. The molecule has 0 saturated carbocycles. The topological polar surface area (TPSA) is 28.2 Å². The van der Waals surface area contributed by atoms with Gasteiger partial charge in [0.05, 0.1) is 0 Å². The molecule has 1 aliphatic rings. The Labute approximate surface area is 104 Å². The van der Waals surface area contributed by atoms with Crippen LogP contribution in [0.2, 0.25) is 0 Å². The molecule has 2 heterocycles. The average molecular weight is 242 g/mol. The summed E-state index contributed by atoms with van der Waals surface area (Å²) >= 11 is 0. The molecule has 1 N–H and O–H groups in total. The molecule has 1 aromatic heterocycles. The van der Waals surface area contributed by atoms with Crippen LogP contribution in [0.3, 0.4) is 0 Å². The summed E-state index contributed by atoms with van der Waals surface area (Å²) in [4.78, 5) is 6.83. The quantitative estimate of drug-likeness (QED) is 0.859. The minimum absolute atomic E-state index is 0. The lowest BCUT2D eigenvalue weighted by Crippen LogP contribution is -2.41. The molecule has 1 aliphatic heterocycles. The lowest BCUT2D eigenvalue weighted by atomic mass is 10.1. The summed E-state index contributed by atoms with van der Waals surface area (Å²) < 4.78 is 0. The molecule has 0 bridgehead atoms. The maximum Gasteiger partial charge on any atom is 0.128 e. The van der Waals surface area contributed by atoms with E-state index in [1.165, 1.54) is 18.4 Å². The van der Waals surface area contributed by atoms with Crippen LogP contribution in [0.15, 0.2) is 18.3 Å². The number of hydrogen-bond donors (Lipinski definition) is 1. The van der Waals surface area contributed by atoms with Crippen molar-refractivity contribution < 1.29 is 0 Å². The highest BCUT2D eigenvalue weighted by Gasteiger charge is 2.18. The van der Waals surface area contributed by atoms with Gasteiger partial charge in [0.2, 0.25) is 0 Å². The van der Waals surface area contributed by atoms with Gasteiger partial charge in [0, 0.05) is 25.3 Å². The number of rotatable bonds is 2. The molecule has 0 atom stereocenters. The first-order valence-corrected chi connectivity index (χ1v) is 5.64. The molecule has 0 radical (unpaired) electrons. The van der Waals surface area contributed by atoms with Crippen LogP contribution in [0.25, 0.3) is 0 Å². The van der Waals surface area contributed by atoms with Crippen molar-refractivity contribution in [2.24, 2.45) is 0 Å². The summed E-state index contributed by atoms with van der Waals surface area (Å²) in [5, 5.41) is 3.34. The largest absolute Gasteiger partial charge is 0.357 e. The molecule has 1 saturated heterocycles. The number of nitrogens with zero attached hydrogens (tertiary/aromatic N) is 2. The molecule has 16 heavy (non-hydrogen) atoms. The zero-order chi connectivity index (χ0) is 10.7. The first-order valence-electron chi connectivity index (χ1n) is 5.64. The van der Waals surface area contributed by atoms with Gasteiger partial charge in [0.1, 0.15) is 5.82 Å². The number of aromatic nitrogens is 1. The van der Waals surface area contributed by atoms with Crippen molar-refractivity contribution in [3.05, 3.63) is 23.9 Å². The van der Waals surface area contributed by atoms with E-state index in [1.807, 2.05) is 13.2 Å². The Kier molecular flexibility index (Phi) is 5.03. The maximum atomic E-state index is 4.46. The average Bonchev–Trinajstić information content (AvgIpc) is 2.30. The Morgan fingerprint density at radius 3 is 2.50 bits per heavy atom. The molecule has 1 fully saturated rings. The molecule has 3 nitrogen and oxygen atoms in total. The zero-order valence-electron chi connectivity index (χ0n) is 9.94. The third kappa shape index (κ3) is 3.09. The molecule has 0 aromatic carbocycles. The summed E-state index contributed by atoms with van der Waals surface area (Å²) in [5.74, 6) is 1.12. The first kappa shape index (κ1) is 13.3. The van der Waals surface area contributed by atoms with E-state index in [0.29, 0.717) is 6.04 Å². The second kappa shape index (κ2) is 6.06. The van der Waals surface area contributed by atoms with Gasteiger partial charge in [-0.3, -0.25) is 0 Å². The van der Waals surface area contributed by atoms with Gasteiger partial charge in [0.25, 0.3) is 0 Å². The van der Waals surface area contributed by atoms with Crippen LogP contribution in [0.4, 0.5) is 5.82 Å². The van der Waals surface area contributed by atoms with Crippen LogP contribution >= 0.6 is 12.4 Å². The molecule has 1 aromatic rings. The molecule has 2 rings (SSSR count). The van der Waals surface area contributed by atoms with Gasteiger partial charge in [-0.25, -0.2) is 4.98 Å². The van der Waals surface area contributed by atoms with Crippen molar-refractivity contribution in [1.82, 2.24) is 10.3 Å².